The lowest BCUT2D eigenvalue weighted by molar-refractivity contribution is 0.483. The van der Waals surface area contributed by atoms with Crippen LogP contribution in [0.4, 0.5) is 5.69 Å². The Bertz CT molecular complexity index is 750. The number of hydrazone groups is 1. The van der Waals surface area contributed by atoms with Gasteiger partial charge in [-0.25, -0.2) is 0 Å². The van der Waals surface area contributed by atoms with Crippen LogP contribution in [0.3, 0.4) is 0 Å². The smallest absolute Gasteiger partial charge is 0.143 e. The van der Waals surface area contributed by atoms with Crippen molar-refractivity contribution in [3.8, 4) is 5.75 Å². The van der Waals surface area contributed by atoms with E-state index in [1.165, 1.54) is 11.3 Å². The van der Waals surface area contributed by atoms with Crippen LogP contribution in [0.15, 0.2) is 59.7 Å². The van der Waals surface area contributed by atoms with Crippen LogP contribution < -0.4 is 5.01 Å². The fourth-order valence-electron chi connectivity index (χ4n) is 1.99. The zero-order chi connectivity index (χ0) is 13.9. The minimum absolute atomic E-state index is 0.302. The first-order valence-corrected chi connectivity index (χ1v) is 7.10. The Morgan fingerprint density at radius 1 is 1.05 bits per heavy atom. The minimum atomic E-state index is 0.302. The van der Waals surface area contributed by atoms with Crippen molar-refractivity contribution < 1.29 is 5.11 Å². The highest BCUT2D eigenvalue weighted by Crippen LogP contribution is 2.35. The van der Waals surface area contributed by atoms with Gasteiger partial charge >= 0.3 is 0 Å². The van der Waals surface area contributed by atoms with Gasteiger partial charge in [0.15, 0.2) is 0 Å². The van der Waals surface area contributed by atoms with Crippen molar-refractivity contribution in [3.63, 3.8) is 0 Å². The van der Waals surface area contributed by atoms with Crippen molar-refractivity contribution in [2.24, 2.45) is 5.10 Å². The number of benzene rings is 2. The van der Waals surface area contributed by atoms with Crippen LogP contribution in [0.25, 0.3) is 10.1 Å². The number of thiophene rings is 1. The third-order valence-electron chi connectivity index (χ3n) is 3.07. The third kappa shape index (κ3) is 2.38. The summed E-state index contributed by atoms with van der Waals surface area (Å²) in [5, 5.41) is 17.2. The zero-order valence-electron chi connectivity index (χ0n) is 11.0. The van der Waals surface area contributed by atoms with Crippen LogP contribution in [-0.2, 0) is 0 Å². The summed E-state index contributed by atoms with van der Waals surface area (Å²) >= 11 is 1.54. The summed E-state index contributed by atoms with van der Waals surface area (Å²) in [5.41, 5.74) is 1.00. The summed E-state index contributed by atoms with van der Waals surface area (Å²) in [6.45, 7) is 0. The topological polar surface area (TPSA) is 35.8 Å². The van der Waals surface area contributed by atoms with Gasteiger partial charge in [0.05, 0.1) is 16.8 Å². The molecule has 20 heavy (non-hydrogen) atoms. The van der Waals surface area contributed by atoms with Gasteiger partial charge in [0, 0.05) is 17.1 Å². The molecule has 0 fully saturated rings. The number of rotatable bonds is 3. The van der Waals surface area contributed by atoms with Gasteiger partial charge in [-0.2, -0.15) is 5.10 Å². The Labute approximate surface area is 121 Å². The van der Waals surface area contributed by atoms with Crippen molar-refractivity contribution in [2.45, 2.75) is 0 Å². The van der Waals surface area contributed by atoms with Crippen LogP contribution in [-0.4, -0.2) is 18.4 Å². The molecular formula is C16H14N2OS. The Kier molecular flexibility index (Phi) is 3.39. The Balaban J connectivity index is 1.89. The lowest BCUT2D eigenvalue weighted by atomic mass is 10.2. The number of fused-ring (bicyclic) bond motifs is 1. The molecule has 100 valence electrons. The SMILES string of the molecule is CN(N=Cc1sc2ccccc2c1O)c1ccccc1. The van der Waals surface area contributed by atoms with E-state index < -0.39 is 0 Å². The van der Waals surface area contributed by atoms with Crippen molar-refractivity contribution in [3.05, 3.63) is 59.5 Å². The molecule has 0 saturated heterocycles. The lowest BCUT2D eigenvalue weighted by Crippen LogP contribution is -2.08. The van der Waals surface area contributed by atoms with Gasteiger partial charge in [-0.05, 0) is 24.3 Å². The summed E-state index contributed by atoms with van der Waals surface area (Å²) in [4.78, 5) is 0.772. The molecule has 1 aromatic heterocycles. The van der Waals surface area contributed by atoms with Gasteiger partial charge in [-0.15, -0.1) is 11.3 Å². The van der Waals surface area contributed by atoms with E-state index in [-0.39, 0.29) is 0 Å². The van der Waals surface area contributed by atoms with E-state index in [0.29, 0.717) is 5.75 Å². The monoisotopic (exact) mass is 282 g/mol. The number of hydrogen-bond acceptors (Lipinski definition) is 4. The maximum absolute atomic E-state index is 10.2. The van der Waals surface area contributed by atoms with Gasteiger partial charge in [0.2, 0.25) is 0 Å². The van der Waals surface area contributed by atoms with Gasteiger partial charge in [-0.1, -0.05) is 30.3 Å². The second kappa shape index (κ2) is 5.35. The first kappa shape index (κ1) is 12.7. The molecule has 0 aliphatic rings. The van der Waals surface area contributed by atoms with Gasteiger partial charge < -0.3 is 5.11 Å². The maximum Gasteiger partial charge on any atom is 0.143 e. The number of hydrogen-bond donors (Lipinski definition) is 1. The second-order valence-corrected chi connectivity index (χ2v) is 5.50. The number of anilines is 1. The van der Waals surface area contributed by atoms with Gasteiger partial charge in [-0.3, -0.25) is 5.01 Å². The van der Waals surface area contributed by atoms with E-state index in [0.717, 1.165) is 20.7 Å². The lowest BCUT2D eigenvalue weighted by Gasteiger charge is -2.11. The number of nitrogens with zero attached hydrogens (tertiary/aromatic N) is 2. The predicted molar refractivity (Wildman–Crippen MR) is 85.9 cm³/mol. The maximum atomic E-state index is 10.2. The van der Waals surface area contributed by atoms with E-state index in [4.69, 9.17) is 0 Å². The van der Waals surface area contributed by atoms with Crippen molar-refractivity contribution in [2.75, 3.05) is 12.1 Å². The molecule has 0 bridgehead atoms. The fraction of sp³-hybridized carbons (Fsp3) is 0.0625. The van der Waals surface area contributed by atoms with Crippen LogP contribution >= 0.6 is 11.3 Å². The minimum Gasteiger partial charge on any atom is -0.506 e. The zero-order valence-corrected chi connectivity index (χ0v) is 11.8. The molecule has 0 aliphatic heterocycles. The van der Waals surface area contributed by atoms with Crippen LogP contribution in [0.5, 0.6) is 5.75 Å². The standard InChI is InChI=1S/C16H14N2OS/c1-18(12-7-3-2-4-8-12)17-11-15-16(19)13-9-5-6-10-14(13)20-15/h2-11,19H,1H3. The summed E-state index contributed by atoms with van der Waals surface area (Å²) in [7, 11) is 1.89. The molecule has 0 unspecified atom stereocenters. The summed E-state index contributed by atoms with van der Waals surface area (Å²) in [6.07, 6.45) is 1.70. The van der Waals surface area contributed by atoms with E-state index in [1.54, 1.807) is 11.2 Å². The summed E-state index contributed by atoms with van der Waals surface area (Å²) in [5.74, 6) is 0.302. The predicted octanol–water partition coefficient (Wildman–Crippen LogP) is 4.08. The van der Waals surface area contributed by atoms with E-state index >= 15 is 0 Å². The molecule has 3 aromatic rings. The highest BCUT2D eigenvalue weighted by atomic mass is 32.1. The molecule has 3 rings (SSSR count). The molecule has 0 spiro atoms. The normalized spacial score (nSPS) is 11.2. The van der Waals surface area contributed by atoms with Gasteiger partial charge in [0.25, 0.3) is 0 Å². The largest absolute Gasteiger partial charge is 0.506 e. The van der Waals surface area contributed by atoms with Crippen molar-refractivity contribution in [1.82, 2.24) is 0 Å². The van der Waals surface area contributed by atoms with Gasteiger partial charge in [0.1, 0.15) is 5.75 Å². The Morgan fingerprint density at radius 3 is 2.50 bits per heavy atom. The molecule has 0 radical (unpaired) electrons. The van der Waals surface area contributed by atoms with Crippen LogP contribution in [0.1, 0.15) is 4.88 Å². The number of para-hydroxylation sites is 1. The quantitative estimate of drug-likeness (QED) is 0.580. The van der Waals surface area contributed by atoms with E-state index in [1.807, 2.05) is 61.6 Å². The highest BCUT2D eigenvalue weighted by molar-refractivity contribution is 7.21. The molecule has 2 aromatic carbocycles. The molecule has 0 saturated carbocycles. The molecule has 3 nitrogen and oxygen atoms in total. The fourth-order valence-corrected chi connectivity index (χ4v) is 2.95. The molecule has 0 aliphatic carbocycles. The Hall–Kier alpha value is -2.33. The van der Waals surface area contributed by atoms with Crippen LogP contribution in [0.2, 0.25) is 0 Å². The molecule has 4 heteroatoms. The number of aromatic hydroxyl groups is 1. The first-order chi connectivity index (χ1) is 9.75. The van der Waals surface area contributed by atoms with Crippen LogP contribution in [0, 0.1) is 0 Å². The van der Waals surface area contributed by atoms with Crippen molar-refractivity contribution in [1.29, 1.82) is 0 Å². The summed E-state index contributed by atoms with van der Waals surface area (Å²) < 4.78 is 1.06. The molecular weight excluding hydrogens is 268 g/mol. The highest BCUT2D eigenvalue weighted by Gasteiger charge is 2.08. The molecule has 0 amide bonds. The van der Waals surface area contributed by atoms with Crippen molar-refractivity contribution >= 4 is 33.3 Å². The first-order valence-electron chi connectivity index (χ1n) is 6.29. The Morgan fingerprint density at radius 2 is 1.75 bits per heavy atom. The summed E-state index contributed by atoms with van der Waals surface area (Å²) in [6, 6.07) is 17.7. The van der Waals surface area contributed by atoms with E-state index in [2.05, 4.69) is 5.10 Å². The average Bonchev–Trinajstić information content (AvgIpc) is 2.83. The molecule has 0 atom stereocenters. The third-order valence-corrected chi connectivity index (χ3v) is 4.17. The average molecular weight is 282 g/mol. The van der Waals surface area contributed by atoms with E-state index in [9.17, 15) is 5.11 Å². The molecule has 1 N–H and O–H groups in total. The molecule has 1 heterocycles. The second-order valence-electron chi connectivity index (χ2n) is 4.41.